The summed E-state index contributed by atoms with van der Waals surface area (Å²) in [6.07, 6.45) is 2.13. The first-order valence-corrected chi connectivity index (χ1v) is 7.79. The lowest BCUT2D eigenvalue weighted by atomic mass is 9.86. The summed E-state index contributed by atoms with van der Waals surface area (Å²) in [4.78, 5) is 16.3. The van der Waals surface area contributed by atoms with Gasteiger partial charge in [0.1, 0.15) is 17.5 Å². The predicted octanol–water partition coefficient (Wildman–Crippen LogP) is 2.35. The van der Waals surface area contributed by atoms with Gasteiger partial charge in [-0.15, -0.1) is 0 Å². The van der Waals surface area contributed by atoms with Gasteiger partial charge in [-0.2, -0.15) is 5.26 Å². The van der Waals surface area contributed by atoms with E-state index in [9.17, 15) is 9.90 Å². The average Bonchev–Trinajstić information content (AvgIpc) is 2.59. The standard InChI is InChI=1S/C18H18N4O3/c1-18(2)16(23)15(13-8-11(9-19)5-6-14(13)25-18)22-17(24)21-12-4-3-7-20-10-12/h3-8,10,15-16,23H,1-2H3,(H2,21,22,24)/t15-,16+/m1/s1. The minimum absolute atomic E-state index is 0.425. The minimum atomic E-state index is -0.992. The first-order chi connectivity index (χ1) is 11.9. The molecule has 2 amide bonds. The van der Waals surface area contributed by atoms with Gasteiger partial charge in [0.25, 0.3) is 0 Å². The lowest BCUT2D eigenvalue weighted by Gasteiger charge is -2.42. The van der Waals surface area contributed by atoms with Crippen molar-refractivity contribution in [1.82, 2.24) is 10.3 Å². The number of aromatic nitrogens is 1. The van der Waals surface area contributed by atoms with E-state index in [0.29, 0.717) is 22.6 Å². The van der Waals surface area contributed by atoms with Crippen molar-refractivity contribution >= 4 is 11.7 Å². The third kappa shape index (κ3) is 3.39. The molecular weight excluding hydrogens is 320 g/mol. The largest absolute Gasteiger partial charge is 0.485 e. The molecule has 0 radical (unpaired) electrons. The average molecular weight is 338 g/mol. The number of anilines is 1. The fourth-order valence-electron chi connectivity index (χ4n) is 2.77. The van der Waals surface area contributed by atoms with E-state index in [0.717, 1.165) is 0 Å². The molecule has 128 valence electrons. The maximum absolute atomic E-state index is 12.3. The number of carbonyl (C=O) groups is 1. The number of carbonyl (C=O) groups excluding carboxylic acids is 1. The molecule has 0 fully saturated rings. The molecule has 0 aliphatic carbocycles. The highest BCUT2D eigenvalue weighted by atomic mass is 16.5. The first-order valence-electron chi connectivity index (χ1n) is 7.79. The van der Waals surface area contributed by atoms with E-state index in [1.165, 1.54) is 6.20 Å². The van der Waals surface area contributed by atoms with Crippen molar-refractivity contribution in [2.24, 2.45) is 0 Å². The molecule has 1 aromatic heterocycles. The summed E-state index contributed by atoms with van der Waals surface area (Å²) in [5.74, 6) is 0.529. The number of nitrogens with one attached hydrogen (secondary N) is 2. The molecule has 25 heavy (non-hydrogen) atoms. The lowest BCUT2D eigenvalue weighted by Crippen LogP contribution is -2.54. The summed E-state index contributed by atoms with van der Waals surface area (Å²) in [6.45, 7) is 3.49. The summed E-state index contributed by atoms with van der Waals surface area (Å²) in [6, 6.07) is 9.19. The highest BCUT2D eigenvalue weighted by Crippen LogP contribution is 2.40. The van der Waals surface area contributed by atoms with Crippen molar-refractivity contribution < 1.29 is 14.6 Å². The number of rotatable bonds is 2. The van der Waals surface area contributed by atoms with E-state index in [2.05, 4.69) is 21.7 Å². The van der Waals surface area contributed by atoms with Crippen molar-refractivity contribution in [3.05, 3.63) is 53.9 Å². The zero-order valence-electron chi connectivity index (χ0n) is 13.9. The number of nitrogens with zero attached hydrogens (tertiary/aromatic N) is 2. The van der Waals surface area contributed by atoms with Gasteiger partial charge in [0, 0.05) is 11.8 Å². The molecule has 2 aromatic rings. The van der Waals surface area contributed by atoms with Gasteiger partial charge in [0.2, 0.25) is 0 Å². The third-order valence-electron chi connectivity index (χ3n) is 4.08. The Balaban J connectivity index is 1.88. The minimum Gasteiger partial charge on any atom is -0.485 e. The summed E-state index contributed by atoms with van der Waals surface area (Å²) in [7, 11) is 0. The van der Waals surface area contributed by atoms with Gasteiger partial charge in [-0.1, -0.05) is 0 Å². The number of aliphatic hydroxyl groups is 1. The molecule has 2 atom stereocenters. The van der Waals surface area contributed by atoms with E-state index >= 15 is 0 Å². The maximum atomic E-state index is 12.3. The van der Waals surface area contributed by atoms with Crippen molar-refractivity contribution in [3.8, 4) is 11.8 Å². The molecule has 3 N–H and O–H groups in total. The van der Waals surface area contributed by atoms with Crippen LogP contribution in [0.15, 0.2) is 42.7 Å². The molecule has 0 unspecified atom stereocenters. The van der Waals surface area contributed by atoms with Crippen molar-refractivity contribution in [2.75, 3.05) is 5.32 Å². The first kappa shape index (κ1) is 16.7. The molecule has 7 heteroatoms. The second-order valence-corrected chi connectivity index (χ2v) is 6.33. The van der Waals surface area contributed by atoms with Gasteiger partial charge in [-0.05, 0) is 44.2 Å². The van der Waals surface area contributed by atoms with Crippen LogP contribution in [0.4, 0.5) is 10.5 Å². The van der Waals surface area contributed by atoms with Crippen molar-refractivity contribution in [2.45, 2.75) is 31.6 Å². The summed E-state index contributed by atoms with van der Waals surface area (Å²) < 4.78 is 5.82. The molecule has 0 saturated heterocycles. The van der Waals surface area contributed by atoms with Gasteiger partial charge >= 0.3 is 6.03 Å². The van der Waals surface area contributed by atoms with Gasteiger partial charge in [0.15, 0.2) is 0 Å². The predicted molar refractivity (Wildman–Crippen MR) is 91.0 cm³/mol. The van der Waals surface area contributed by atoms with Crippen molar-refractivity contribution in [3.63, 3.8) is 0 Å². The molecule has 1 aliphatic rings. The third-order valence-corrected chi connectivity index (χ3v) is 4.08. The Labute approximate surface area is 145 Å². The number of amides is 2. The normalized spacial score (nSPS) is 20.6. The van der Waals surface area contributed by atoms with Gasteiger partial charge in [-0.3, -0.25) is 4.98 Å². The Kier molecular flexibility index (Phi) is 4.30. The second kappa shape index (κ2) is 6.42. The molecule has 2 heterocycles. The Morgan fingerprint density at radius 2 is 2.20 bits per heavy atom. The van der Waals surface area contributed by atoms with Crippen LogP contribution in [0.5, 0.6) is 5.75 Å². The Morgan fingerprint density at radius 1 is 1.40 bits per heavy atom. The van der Waals surface area contributed by atoms with Crippen LogP contribution in [0.1, 0.15) is 31.0 Å². The molecule has 7 nitrogen and oxygen atoms in total. The number of hydrogen-bond acceptors (Lipinski definition) is 5. The van der Waals surface area contributed by atoms with E-state index in [1.54, 1.807) is 50.4 Å². The number of hydrogen-bond donors (Lipinski definition) is 3. The summed E-state index contributed by atoms with van der Waals surface area (Å²) >= 11 is 0. The number of aliphatic hydroxyl groups excluding tert-OH is 1. The summed E-state index contributed by atoms with van der Waals surface area (Å²) in [5.41, 5.74) is 0.626. The number of urea groups is 1. The zero-order valence-corrected chi connectivity index (χ0v) is 13.9. The van der Waals surface area contributed by atoms with Crippen LogP contribution in [0.25, 0.3) is 0 Å². The smallest absolute Gasteiger partial charge is 0.319 e. The van der Waals surface area contributed by atoms with Gasteiger partial charge in [0.05, 0.1) is 29.6 Å². The van der Waals surface area contributed by atoms with Gasteiger partial charge in [-0.25, -0.2) is 4.79 Å². The SMILES string of the molecule is CC1(C)Oc2ccc(C#N)cc2[C@@H](NC(=O)Nc2cccnc2)[C@@H]1O. The van der Waals surface area contributed by atoms with Crippen LogP contribution in [-0.4, -0.2) is 27.8 Å². The monoisotopic (exact) mass is 338 g/mol. The van der Waals surface area contributed by atoms with Crippen LogP contribution in [0.3, 0.4) is 0 Å². The molecule has 0 spiro atoms. The molecule has 0 saturated carbocycles. The topological polar surface area (TPSA) is 107 Å². The Morgan fingerprint density at radius 3 is 2.88 bits per heavy atom. The number of benzene rings is 1. The van der Waals surface area contributed by atoms with Crippen LogP contribution in [-0.2, 0) is 0 Å². The second-order valence-electron chi connectivity index (χ2n) is 6.33. The van der Waals surface area contributed by atoms with Crippen LogP contribution >= 0.6 is 0 Å². The Hall–Kier alpha value is -3.11. The molecule has 1 aromatic carbocycles. The number of pyridine rings is 1. The van der Waals surface area contributed by atoms with E-state index in [1.807, 2.05) is 0 Å². The summed E-state index contributed by atoms with van der Waals surface area (Å²) in [5, 5.41) is 25.2. The fraction of sp³-hybridized carbons (Fsp3) is 0.278. The van der Waals surface area contributed by atoms with Crippen LogP contribution < -0.4 is 15.4 Å². The quantitative estimate of drug-likeness (QED) is 0.779. The number of ether oxygens (including phenoxy) is 1. The van der Waals surface area contributed by atoms with Crippen LogP contribution in [0, 0.1) is 11.3 Å². The molecule has 0 bridgehead atoms. The zero-order chi connectivity index (χ0) is 18.0. The maximum Gasteiger partial charge on any atom is 0.319 e. The molecule has 3 rings (SSSR count). The molecular formula is C18H18N4O3. The van der Waals surface area contributed by atoms with Gasteiger partial charge < -0.3 is 20.5 Å². The highest BCUT2D eigenvalue weighted by molar-refractivity contribution is 5.89. The van der Waals surface area contributed by atoms with E-state index in [-0.39, 0.29) is 0 Å². The number of fused-ring (bicyclic) bond motifs is 1. The van der Waals surface area contributed by atoms with E-state index in [4.69, 9.17) is 10.00 Å². The Bertz CT molecular complexity index is 830. The highest BCUT2D eigenvalue weighted by Gasteiger charge is 2.43. The molecule has 1 aliphatic heterocycles. The van der Waals surface area contributed by atoms with Crippen molar-refractivity contribution in [1.29, 1.82) is 5.26 Å². The lowest BCUT2D eigenvalue weighted by molar-refractivity contribution is -0.0618. The number of nitriles is 1. The van der Waals surface area contributed by atoms with E-state index < -0.39 is 23.8 Å². The van der Waals surface area contributed by atoms with Crippen LogP contribution in [0.2, 0.25) is 0 Å². The fourth-order valence-corrected chi connectivity index (χ4v) is 2.77.